The van der Waals surface area contributed by atoms with E-state index in [9.17, 15) is 9.59 Å². The van der Waals surface area contributed by atoms with Crippen LogP contribution in [-0.4, -0.2) is 75.0 Å². The summed E-state index contributed by atoms with van der Waals surface area (Å²) in [6.07, 6.45) is 3.55. The number of nitrogens with zero attached hydrogens (tertiary/aromatic N) is 5. The van der Waals surface area contributed by atoms with Gasteiger partial charge in [0, 0.05) is 32.0 Å². The Morgan fingerprint density at radius 1 is 1.17 bits per heavy atom. The lowest BCUT2D eigenvalue weighted by molar-refractivity contribution is -0.131. The van der Waals surface area contributed by atoms with Crippen LogP contribution in [0.15, 0.2) is 48.9 Å². The van der Waals surface area contributed by atoms with Crippen molar-refractivity contribution in [1.29, 1.82) is 0 Å². The summed E-state index contributed by atoms with van der Waals surface area (Å²) in [5.41, 5.74) is 2.82. The van der Waals surface area contributed by atoms with E-state index >= 15 is 0 Å². The molecular formula is C21H21N5O3. The Kier molecular flexibility index (Phi) is 4.28. The number of likely N-dealkylation sites (N-methyl/N-ethyl adjacent to an activating group) is 1. The zero-order chi connectivity index (χ0) is 20.0. The van der Waals surface area contributed by atoms with Gasteiger partial charge in [-0.05, 0) is 18.2 Å². The lowest BCUT2D eigenvalue weighted by atomic mass is 10.2. The molecule has 0 N–H and O–H groups in total. The van der Waals surface area contributed by atoms with Gasteiger partial charge in [-0.2, -0.15) is 0 Å². The number of likely N-dealkylation sites (tertiary alicyclic amines) is 1. The van der Waals surface area contributed by atoms with Crippen LogP contribution in [0.5, 0.6) is 0 Å². The van der Waals surface area contributed by atoms with Crippen molar-refractivity contribution in [2.24, 2.45) is 0 Å². The van der Waals surface area contributed by atoms with E-state index in [0.717, 1.165) is 5.69 Å². The van der Waals surface area contributed by atoms with E-state index in [-0.39, 0.29) is 24.0 Å². The number of para-hydroxylation sites is 1. The van der Waals surface area contributed by atoms with Gasteiger partial charge in [0.1, 0.15) is 11.8 Å². The van der Waals surface area contributed by atoms with E-state index in [1.54, 1.807) is 35.4 Å². The van der Waals surface area contributed by atoms with Crippen molar-refractivity contribution >= 4 is 23.0 Å². The lowest BCUT2D eigenvalue weighted by Gasteiger charge is -2.25. The van der Waals surface area contributed by atoms with Gasteiger partial charge in [0.2, 0.25) is 5.91 Å². The molecule has 0 bridgehead atoms. The van der Waals surface area contributed by atoms with Crippen LogP contribution in [0.25, 0.3) is 16.9 Å². The average Bonchev–Trinajstić information content (AvgIpc) is 3.34. The van der Waals surface area contributed by atoms with E-state index in [1.165, 1.54) is 0 Å². The number of benzene rings is 1. The average molecular weight is 391 g/mol. The molecule has 2 atom stereocenters. The molecular weight excluding hydrogens is 370 g/mol. The van der Waals surface area contributed by atoms with Crippen LogP contribution in [0.4, 0.5) is 0 Å². The number of hydrogen-bond donors (Lipinski definition) is 0. The minimum atomic E-state index is -0.149. The van der Waals surface area contributed by atoms with E-state index in [1.807, 2.05) is 34.9 Å². The third kappa shape index (κ3) is 3.05. The summed E-state index contributed by atoms with van der Waals surface area (Å²) in [4.78, 5) is 37.5. The molecule has 8 nitrogen and oxygen atoms in total. The Bertz CT molecular complexity index is 1080. The van der Waals surface area contributed by atoms with Crippen molar-refractivity contribution in [1.82, 2.24) is 24.3 Å². The number of fused-ring (bicyclic) bond motifs is 2. The molecule has 29 heavy (non-hydrogen) atoms. The first-order valence-corrected chi connectivity index (χ1v) is 9.67. The Hall–Kier alpha value is -3.26. The van der Waals surface area contributed by atoms with E-state index < -0.39 is 0 Å². The van der Waals surface area contributed by atoms with Crippen LogP contribution in [0.2, 0.25) is 0 Å². The zero-order valence-corrected chi connectivity index (χ0v) is 16.1. The monoisotopic (exact) mass is 391 g/mol. The fraction of sp³-hybridized carbons (Fsp3) is 0.333. The third-order valence-corrected chi connectivity index (χ3v) is 5.73. The quantitative estimate of drug-likeness (QED) is 0.661. The smallest absolute Gasteiger partial charge is 0.255 e. The van der Waals surface area contributed by atoms with Crippen molar-refractivity contribution in [2.75, 3.05) is 26.7 Å². The highest BCUT2D eigenvalue weighted by atomic mass is 16.5. The second kappa shape index (κ2) is 6.97. The third-order valence-electron chi connectivity index (χ3n) is 5.73. The van der Waals surface area contributed by atoms with E-state index in [4.69, 9.17) is 4.74 Å². The Morgan fingerprint density at radius 3 is 2.83 bits per heavy atom. The molecule has 1 aromatic carbocycles. The molecule has 2 saturated heterocycles. The standard InChI is InChI=1S/C21H21N5O3/c1-24-17-11-25(12-18(17)29-8-7-19(24)27)21(28)14-9-16-20(22-10-14)26(13-23-16)15-5-3-2-4-6-15/h2-6,9-10,13,17-18H,7-8,11-12H2,1H3/t17-,18-/m0/s1. The molecule has 0 unspecified atom stereocenters. The number of aromatic nitrogens is 3. The van der Waals surface area contributed by atoms with Gasteiger partial charge in [-0.25, -0.2) is 9.97 Å². The first-order valence-electron chi connectivity index (χ1n) is 9.67. The minimum Gasteiger partial charge on any atom is -0.374 e. The number of ether oxygens (including phenoxy) is 1. The Balaban J connectivity index is 1.40. The highest BCUT2D eigenvalue weighted by Gasteiger charge is 2.41. The second-order valence-corrected chi connectivity index (χ2v) is 7.46. The second-order valence-electron chi connectivity index (χ2n) is 7.46. The van der Waals surface area contributed by atoms with E-state index in [0.29, 0.717) is 42.8 Å². The lowest BCUT2D eigenvalue weighted by Crippen LogP contribution is -2.43. The molecule has 2 aliphatic heterocycles. The SMILES string of the molecule is CN1C(=O)CCO[C@H]2CN(C(=O)c3cnc4c(c3)ncn4-c3ccccc3)C[C@@H]21. The molecule has 5 rings (SSSR count). The maximum Gasteiger partial charge on any atom is 0.255 e. The number of carbonyl (C=O) groups is 2. The zero-order valence-electron chi connectivity index (χ0n) is 16.1. The highest BCUT2D eigenvalue weighted by Crippen LogP contribution is 2.24. The van der Waals surface area contributed by atoms with Gasteiger partial charge in [-0.1, -0.05) is 18.2 Å². The van der Waals surface area contributed by atoms with E-state index in [2.05, 4.69) is 9.97 Å². The molecule has 2 amide bonds. The number of pyridine rings is 1. The molecule has 148 valence electrons. The number of imidazole rings is 1. The van der Waals surface area contributed by atoms with Gasteiger partial charge in [0.25, 0.3) is 5.91 Å². The van der Waals surface area contributed by atoms with Crippen molar-refractivity contribution in [3.63, 3.8) is 0 Å². The largest absolute Gasteiger partial charge is 0.374 e. The van der Waals surface area contributed by atoms with Crippen molar-refractivity contribution < 1.29 is 14.3 Å². The molecule has 0 aliphatic carbocycles. The number of rotatable bonds is 2. The van der Waals surface area contributed by atoms with Gasteiger partial charge in [0.05, 0.1) is 30.7 Å². The highest BCUT2D eigenvalue weighted by molar-refractivity contribution is 5.96. The first kappa shape index (κ1) is 17.8. The summed E-state index contributed by atoms with van der Waals surface area (Å²) in [5, 5.41) is 0. The summed E-state index contributed by atoms with van der Waals surface area (Å²) < 4.78 is 7.71. The van der Waals surface area contributed by atoms with Crippen LogP contribution in [-0.2, 0) is 9.53 Å². The first-order chi connectivity index (χ1) is 14.1. The maximum atomic E-state index is 13.1. The van der Waals surface area contributed by atoms with Crippen molar-refractivity contribution in [3.8, 4) is 5.69 Å². The summed E-state index contributed by atoms with van der Waals surface area (Å²) in [6, 6.07) is 11.5. The van der Waals surface area contributed by atoms with Gasteiger partial charge in [-0.15, -0.1) is 0 Å². The molecule has 4 heterocycles. The topological polar surface area (TPSA) is 80.6 Å². The summed E-state index contributed by atoms with van der Waals surface area (Å²) in [5.74, 6) is -0.0625. The molecule has 8 heteroatoms. The fourth-order valence-electron chi connectivity index (χ4n) is 4.10. The molecule has 0 spiro atoms. The molecule has 2 aliphatic rings. The molecule has 0 saturated carbocycles. The predicted octanol–water partition coefficient (Wildman–Crippen LogP) is 1.49. The summed E-state index contributed by atoms with van der Waals surface area (Å²) in [7, 11) is 1.78. The predicted molar refractivity (Wildman–Crippen MR) is 106 cm³/mol. The molecule has 2 aromatic heterocycles. The number of hydrogen-bond acceptors (Lipinski definition) is 5. The molecule has 0 radical (unpaired) electrons. The van der Waals surface area contributed by atoms with Gasteiger partial charge in [-0.3, -0.25) is 14.2 Å². The summed E-state index contributed by atoms with van der Waals surface area (Å²) in [6.45, 7) is 1.33. The Morgan fingerprint density at radius 2 is 2.00 bits per heavy atom. The van der Waals surface area contributed by atoms with Gasteiger partial charge >= 0.3 is 0 Å². The maximum absolute atomic E-state index is 13.1. The molecule has 2 fully saturated rings. The fourth-order valence-corrected chi connectivity index (χ4v) is 4.10. The van der Waals surface area contributed by atoms with Crippen LogP contribution in [0.3, 0.4) is 0 Å². The van der Waals surface area contributed by atoms with Crippen LogP contribution < -0.4 is 0 Å². The summed E-state index contributed by atoms with van der Waals surface area (Å²) >= 11 is 0. The van der Waals surface area contributed by atoms with Crippen LogP contribution in [0.1, 0.15) is 16.8 Å². The minimum absolute atomic E-state index is 0.0568. The number of amides is 2. The normalized spacial score (nSPS) is 22.0. The van der Waals surface area contributed by atoms with Crippen molar-refractivity contribution in [2.45, 2.75) is 18.6 Å². The van der Waals surface area contributed by atoms with Crippen LogP contribution in [0, 0.1) is 0 Å². The molecule has 3 aromatic rings. The van der Waals surface area contributed by atoms with Gasteiger partial charge < -0.3 is 14.5 Å². The Labute approximate surface area is 167 Å². The number of carbonyl (C=O) groups excluding carboxylic acids is 2. The van der Waals surface area contributed by atoms with Crippen LogP contribution >= 0.6 is 0 Å². The van der Waals surface area contributed by atoms with Crippen molar-refractivity contribution in [3.05, 3.63) is 54.5 Å². The van der Waals surface area contributed by atoms with Gasteiger partial charge in [0.15, 0.2) is 5.65 Å².